The third-order valence-corrected chi connectivity index (χ3v) is 3.64. The molecule has 94 valence electrons. The molecule has 0 aliphatic heterocycles. The Morgan fingerprint density at radius 3 is 2.22 bits per heavy atom. The zero-order valence-corrected chi connectivity index (χ0v) is 11.9. The van der Waals surface area contributed by atoms with Gasteiger partial charge in [0.2, 0.25) is 0 Å². The monoisotopic (exact) mass is 258 g/mol. The summed E-state index contributed by atoms with van der Waals surface area (Å²) in [7, 11) is 0. The van der Waals surface area contributed by atoms with E-state index < -0.39 is 0 Å². The van der Waals surface area contributed by atoms with Crippen molar-refractivity contribution in [2.45, 2.75) is 32.1 Å². The second kappa shape index (κ2) is 5.58. The van der Waals surface area contributed by atoms with E-state index in [9.17, 15) is 0 Å². The van der Waals surface area contributed by atoms with Gasteiger partial charge in [-0.05, 0) is 37.5 Å². The number of hydrogen-bond acceptors (Lipinski definition) is 0. The van der Waals surface area contributed by atoms with E-state index in [1.165, 1.54) is 22.3 Å². The second-order valence-corrected chi connectivity index (χ2v) is 5.61. The molecule has 18 heavy (non-hydrogen) atoms. The molecule has 0 aliphatic carbocycles. The molecule has 0 aliphatic rings. The first kappa shape index (κ1) is 13.2. The van der Waals surface area contributed by atoms with Crippen LogP contribution in [-0.2, 0) is 0 Å². The molecule has 2 unspecified atom stereocenters. The Balaban J connectivity index is 2.52. The summed E-state index contributed by atoms with van der Waals surface area (Å²) in [5.74, 6) is 0.257. The predicted octanol–water partition coefficient (Wildman–Crippen LogP) is 5.06. The normalized spacial score (nSPS) is 14.2. The van der Waals surface area contributed by atoms with Gasteiger partial charge in [0, 0.05) is 11.3 Å². The van der Waals surface area contributed by atoms with E-state index in [0.29, 0.717) is 0 Å². The van der Waals surface area contributed by atoms with Crippen LogP contribution in [0.3, 0.4) is 0 Å². The SMILES string of the molecule is Cc1ccc(C)c(C(c2ccccc2)C(C)Cl)c1. The summed E-state index contributed by atoms with van der Waals surface area (Å²) in [5, 5.41) is 0.0768. The van der Waals surface area contributed by atoms with Crippen LogP contribution in [0.15, 0.2) is 48.5 Å². The van der Waals surface area contributed by atoms with E-state index in [2.05, 4.69) is 63.2 Å². The van der Waals surface area contributed by atoms with Crippen LogP contribution in [0, 0.1) is 13.8 Å². The van der Waals surface area contributed by atoms with Gasteiger partial charge < -0.3 is 0 Å². The summed E-state index contributed by atoms with van der Waals surface area (Å²) < 4.78 is 0. The summed E-state index contributed by atoms with van der Waals surface area (Å²) in [6, 6.07) is 17.1. The van der Waals surface area contributed by atoms with Crippen LogP contribution < -0.4 is 0 Å². The van der Waals surface area contributed by atoms with E-state index in [1.54, 1.807) is 0 Å². The highest BCUT2D eigenvalue weighted by molar-refractivity contribution is 6.21. The Hall–Kier alpha value is -1.27. The van der Waals surface area contributed by atoms with Crippen LogP contribution in [-0.4, -0.2) is 5.38 Å². The number of rotatable bonds is 3. The average molecular weight is 259 g/mol. The third-order valence-electron chi connectivity index (χ3n) is 3.39. The molecule has 0 N–H and O–H groups in total. The van der Waals surface area contributed by atoms with Crippen molar-refractivity contribution in [3.63, 3.8) is 0 Å². The molecule has 0 bridgehead atoms. The Morgan fingerprint density at radius 1 is 0.944 bits per heavy atom. The zero-order chi connectivity index (χ0) is 13.1. The molecule has 0 amide bonds. The molecule has 1 heteroatoms. The molecule has 0 fully saturated rings. The summed E-state index contributed by atoms with van der Waals surface area (Å²) in [6.07, 6.45) is 0. The topological polar surface area (TPSA) is 0 Å². The maximum Gasteiger partial charge on any atom is 0.0417 e. The van der Waals surface area contributed by atoms with Gasteiger partial charge in [-0.2, -0.15) is 0 Å². The van der Waals surface area contributed by atoms with Gasteiger partial charge in [-0.3, -0.25) is 0 Å². The van der Waals surface area contributed by atoms with Gasteiger partial charge in [0.1, 0.15) is 0 Å². The summed E-state index contributed by atoms with van der Waals surface area (Å²) >= 11 is 6.44. The average Bonchev–Trinajstić information content (AvgIpc) is 2.35. The largest absolute Gasteiger partial charge is 0.122 e. The number of benzene rings is 2. The molecule has 0 aromatic heterocycles. The van der Waals surface area contributed by atoms with Crippen LogP contribution in [0.5, 0.6) is 0 Å². The lowest BCUT2D eigenvalue weighted by molar-refractivity contribution is 0.779. The second-order valence-electron chi connectivity index (χ2n) is 4.93. The number of hydrogen-bond donors (Lipinski definition) is 0. The van der Waals surface area contributed by atoms with Gasteiger partial charge in [0.25, 0.3) is 0 Å². The van der Waals surface area contributed by atoms with Crippen molar-refractivity contribution < 1.29 is 0 Å². The highest BCUT2D eigenvalue weighted by Gasteiger charge is 2.21. The Labute approximate surface area is 115 Å². The molecule has 0 saturated carbocycles. The fourth-order valence-electron chi connectivity index (χ4n) is 2.45. The minimum absolute atomic E-state index is 0.0768. The van der Waals surface area contributed by atoms with E-state index >= 15 is 0 Å². The van der Waals surface area contributed by atoms with Crippen LogP contribution in [0.4, 0.5) is 0 Å². The smallest absolute Gasteiger partial charge is 0.0417 e. The van der Waals surface area contributed by atoms with Crippen molar-refractivity contribution in [2.24, 2.45) is 0 Å². The molecule has 0 radical (unpaired) electrons. The summed E-state index contributed by atoms with van der Waals surface area (Å²) in [4.78, 5) is 0. The molecular weight excluding hydrogens is 240 g/mol. The molecule has 0 spiro atoms. The van der Waals surface area contributed by atoms with Crippen molar-refractivity contribution in [2.75, 3.05) is 0 Å². The minimum Gasteiger partial charge on any atom is -0.122 e. The van der Waals surface area contributed by atoms with Crippen molar-refractivity contribution in [1.82, 2.24) is 0 Å². The zero-order valence-electron chi connectivity index (χ0n) is 11.2. The highest BCUT2D eigenvalue weighted by atomic mass is 35.5. The molecule has 0 nitrogen and oxygen atoms in total. The summed E-state index contributed by atoms with van der Waals surface area (Å²) in [5.41, 5.74) is 5.22. The van der Waals surface area contributed by atoms with E-state index in [0.717, 1.165) is 0 Å². The molecule has 2 aromatic carbocycles. The van der Waals surface area contributed by atoms with Crippen LogP contribution in [0.25, 0.3) is 0 Å². The van der Waals surface area contributed by atoms with Gasteiger partial charge in [-0.25, -0.2) is 0 Å². The third kappa shape index (κ3) is 2.76. The standard InChI is InChI=1S/C17H19Cl/c1-12-9-10-13(2)16(11-12)17(14(3)18)15-7-5-4-6-8-15/h4-11,14,17H,1-3H3. The van der Waals surface area contributed by atoms with Crippen LogP contribution in [0.2, 0.25) is 0 Å². The highest BCUT2D eigenvalue weighted by Crippen LogP contribution is 2.33. The molecular formula is C17H19Cl. The number of halogens is 1. The lowest BCUT2D eigenvalue weighted by atomic mass is 9.85. The molecule has 0 saturated heterocycles. The summed E-state index contributed by atoms with van der Waals surface area (Å²) in [6.45, 7) is 6.36. The quantitative estimate of drug-likeness (QED) is 0.675. The van der Waals surface area contributed by atoms with Gasteiger partial charge in [-0.15, -0.1) is 11.6 Å². The van der Waals surface area contributed by atoms with Gasteiger partial charge in [-0.1, -0.05) is 54.1 Å². The Bertz CT molecular complexity index is 514. The Kier molecular flexibility index (Phi) is 4.08. The number of aryl methyl sites for hydroxylation is 2. The van der Waals surface area contributed by atoms with E-state index in [4.69, 9.17) is 11.6 Å². The van der Waals surface area contributed by atoms with Crippen molar-refractivity contribution >= 4 is 11.6 Å². The predicted molar refractivity (Wildman–Crippen MR) is 79.5 cm³/mol. The Morgan fingerprint density at radius 2 is 1.61 bits per heavy atom. The lowest BCUT2D eigenvalue weighted by Crippen LogP contribution is -2.12. The van der Waals surface area contributed by atoms with Crippen LogP contribution >= 0.6 is 11.6 Å². The minimum atomic E-state index is 0.0768. The molecule has 2 atom stereocenters. The molecule has 2 rings (SSSR count). The fraction of sp³-hybridized carbons (Fsp3) is 0.294. The maximum absolute atomic E-state index is 6.44. The van der Waals surface area contributed by atoms with Gasteiger partial charge in [0.15, 0.2) is 0 Å². The lowest BCUT2D eigenvalue weighted by Gasteiger charge is -2.23. The first-order valence-corrected chi connectivity index (χ1v) is 6.79. The first-order chi connectivity index (χ1) is 8.59. The molecule has 2 aromatic rings. The number of alkyl halides is 1. The first-order valence-electron chi connectivity index (χ1n) is 6.35. The van der Waals surface area contributed by atoms with Crippen LogP contribution in [0.1, 0.15) is 35.1 Å². The van der Waals surface area contributed by atoms with Gasteiger partial charge >= 0.3 is 0 Å². The fourth-order valence-corrected chi connectivity index (χ4v) is 2.73. The van der Waals surface area contributed by atoms with Crippen molar-refractivity contribution in [3.8, 4) is 0 Å². The van der Waals surface area contributed by atoms with Crippen molar-refractivity contribution in [1.29, 1.82) is 0 Å². The van der Waals surface area contributed by atoms with E-state index in [-0.39, 0.29) is 11.3 Å². The molecule has 0 heterocycles. The van der Waals surface area contributed by atoms with Crippen molar-refractivity contribution in [3.05, 3.63) is 70.8 Å². The van der Waals surface area contributed by atoms with E-state index in [1.807, 2.05) is 6.07 Å². The van der Waals surface area contributed by atoms with Gasteiger partial charge in [0.05, 0.1) is 0 Å². The maximum atomic E-state index is 6.44.